The van der Waals surface area contributed by atoms with Gasteiger partial charge in [0.15, 0.2) is 0 Å². The topological polar surface area (TPSA) is 52.3 Å². The monoisotopic (exact) mass is 293 g/mol. The minimum atomic E-state index is -0.440. The molecule has 0 saturated heterocycles. The smallest absolute Gasteiger partial charge is 0.376 e. The quantitative estimate of drug-likeness (QED) is 0.773. The Hall–Kier alpha value is -1.62. The van der Waals surface area contributed by atoms with Crippen LogP contribution in [0, 0.1) is 0 Å². The van der Waals surface area contributed by atoms with Gasteiger partial charge in [0.1, 0.15) is 0 Å². The summed E-state index contributed by atoms with van der Waals surface area (Å²) in [6.07, 6.45) is 0.910. The Balaban J connectivity index is 2.46. The van der Waals surface area contributed by atoms with Crippen LogP contribution in [0.2, 0.25) is 0 Å². The zero-order chi connectivity index (χ0) is 14.7. The maximum absolute atomic E-state index is 12.0. The Labute approximate surface area is 122 Å². The first-order chi connectivity index (χ1) is 9.58. The summed E-state index contributed by atoms with van der Waals surface area (Å²) < 4.78 is 10.7. The highest BCUT2D eigenvalue weighted by Gasteiger charge is 2.25. The molecule has 0 amide bonds. The van der Waals surface area contributed by atoms with E-state index in [1.54, 1.807) is 18.3 Å². The van der Waals surface area contributed by atoms with Crippen molar-refractivity contribution < 1.29 is 13.9 Å². The largest absolute Gasteiger partial charge is 0.460 e. The molecule has 0 bridgehead atoms. The molecule has 0 aromatic carbocycles. The Kier molecular flexibility index (Phi) is 4.60. The maximum atomic E-state index is 12.0. The van der Waals surface area contributed by atoms with E-state index < -0.39 is 5.97 Å². The van der Waals surface area contributed by atoms with Gasteiger partial charge in [0.25, 0.3) is 0 Å². The lowest BCUT2D eigenvalue weighted by atomic mass is 10.1. The van der Waals surface area contributed by atoms with Crippen LogP contribution in [-0.2, 0) is 11.2 Å². The summed E-state index contributed by atoms with van der Waals surface area (Å²) in [7, 11) is 0. The number of carbonyl (C=O) groups excluding carboxylic acids is 1. The number of hydrogen-bond donors (Lipinski definition) is 0. The Morgan fingerprint density at radius 3 is 2.80 bits per heavy atom. The first-order valence-electron chi connectivity index (χ1n) is 6.83. The molecule has 20 heavy (non-hydrogen) atoms. The van der Waals surface area contributed by atoms with Gasteiger partial charge >= 0.3 is 5.97 Å². The number of thiophene rings is 1. The standard InChI is InChI=1S/C15H19NO3S/c1-5-10-7-8-20-13(10)14-16-11(9(3)4)12(19-14)15(17)18-6-2/h7-9H,5-6H2,1-4H3. The molecule has 2 aromatic heterocycles. The number of hydrogen-bond acceptors (Lipinski definition) is 5. The normalized spacial score (nSPS) is 11.1. The summed E-state index contributed by atoms with van der Waals surface area (Å²) in [6.45, 7) is 8.16. The van der Waals surface area contributed by atoms with E-state index in [1.165, 1.54) is 5.56 Å². The first-order valence-corrected chi connectivity index (χ1v) is 7.71. The zero-order valence-electron chi connectivity index (χ0n) is 12.2. The SMILES string of the molecule is CCOC(=O)c1oc(-c2sccc2CC)nc1C(C)C. The molecule has 0 fully saturated rings. The average molecular weight is 293 g/mol. The third kappa shape index (κ3) is 2.77. The van der Waals surface area contributed by atoms with E-state index in [9.17, 15) is 4.79 Å². The molecule has 5 heteroatoms. The van der Waals surface area contributed by atoms with E-state index in [0.29, 0.717) is 18.2 Å². The molecular formula is C15H19NO3S. The van der Waals surface area contributed by atoms with Gasteiger partial charge < -0.3 is 9.15 Å². The Morgan fingerprint density at radius 1 is 1.45 bits per heavy atom. The lowest BCUT2D eigenvalue weighted by Crippen LogP contribution is -2.07. The molecule has 2 aromatic rings. The highest BCUT2D eigenvalue weighted by atomic mass is 32.1. The molecular weight excluding hydrogens is 274 g/mol. The molecule has 2 heterocycles. The minimum absolute atomic E-state index is 0.108. The molecule has 0 unspecified atom stereocenters. The first kappa shape index (κ1) is 14.8. The number of esters is 1. The van der Waals surface area contributed by atoms with Gasteiger partial charge in [-0.2, -0.15) is 0 Å². The number of rotatable bonds is 5. The van der Waals surface area contributed by atoms with Crippen molar-refractivity contribution in [2.75, 3.05) is 6.61 Å². The number of ether oxygens (including phenoxy) is 1. The summed E-state index contributed by atoms with van der Waals surface area (Å²) in [5.41, 5.74) is 1.84. The van der Waals surface area contributed by atoms with Crippen molar-refractivity contribution in [3.8, 4) is 10.8 Å². The second kappa shape index (κ2) is 6.22. The highest BCUT2D eigenvalue weighted by Crippen LogP contribution is 2.33. The van der Waals surface area contributed by atoms with Crippen LogP contribution in [0.3, 0.4) is 0 Å². The van der Waals surface area contributed by atoms with Crippen molar-refractivity contribution in [1.82, 2.24) is 4.98 Å². The second-order valence-corrected chi connectivity index (χ2v) is 5.65. The molecule has 0 aliphatic heterocycles. The van der Waals surface area contributed by atoms with Gasteiger partial charge in [0, 0.05) is 0 Å². The second-order valence-electron chi connectivity index (χ2n) is 4.74. The number of oxazole rings is 1. The third-order valence-electron chi connectivity index (χ3n) is 2.98. The molecule has 0 N–H and O–H groups in total. The van der Waals surface area contributed by atoms with Crippen LogP contribution in [0.15, 0.2) is 15.9 Å². The fraction of sp³-hybridized carbons (Fsp3) is 0.467. The lowest BCUT2D eigenvalue weighted by Gasteiger charge is -2.02. The minimum Gasteiger partial charge on any atom is -0.460 e. The van der Waals surface area contributed by atoms with Gasteiger partial charge in [-0.15, -0.1) is 11.3 Å². The molecule has 0 atom stereocenters. The predicted octanol–water partition coefficient (Wildman–Crippen LogP) is 4.27. The third-order valence-corrected chi connectivity index (χ3v) is 3.93. The number of nitrogens with zero attached hydrogens (tertiary/aromatic N) is 1. The van der Waals surface area contributed by atoms with Gasteiger partial charge in [0.2, 0.25) is 11.7 Å². The molecule has 2 rings (SSSR count). The predicted molar refractivity (Wildman–Crippen MR) is 79.2 cm³/mol. The summed E-state index contributed by atoms with van der Waals surface area (Å²) in [5.74, 6) is 0.414. The van der Waals surface area contributed by atoms with E-state index in [4.69, 9.17) is 9.15 Å². The van der Waals surface area contributed by atoms with Crippen LogP contribution in [0.4, 0.5) is 0 Å². The fourth-order valence-corrected chi connectivity index (χ4v) is 2.89. The van der Waals surface area contributed by atoms with E-state index in [1.807, 2.05) is 19.2 Å². The highest BCUT2D eigenvalue weighted by molar-refractivity contribution is 7.13. The van der Waals surface area contributed by atoms with E-state index in [-0.39, 0.29) is 11.7 Å². The summed E-state index contributed by atoms with van der Waals surface area (Å²) in [6, 6.07) is 2.06. The summed E-state index contributed by atoms with van der Waals surface area (Å²) in [4.78, 5) is 17.5. The molecule has 0 radical (unpaired) electrons. The van der Waals surface area contributed by atoms with Gasteiger partial charge in [-0.25, -0.2) is 9.78 Å². The van der Waals surface area contributed by atoms with Crippen LogP contribution < -0.4 is 0 Å². The van der Waals surface area contributed by atoms with Crippen molar-refractivity contribution in [2.24, 2.45) is 0 Å². The summed E-state index contributed by atoms with van der Waals surface area (Å²) in [5, 5.41) is 2.01. The molecule has 0 spiro atoms. The van der Waals surface area contributed by atoms with Gasteiger partial charge in [0.05, 0.1) is 17.2 Å². The number of carbonyl (C=O) groups is 1. The fourth-order valence-electron chi connectivity index (χ4n) is 1.96. The van der Waals surface area contributed by atoms with Crippen molar-refractivity contribution in [1.29, 1.82) is 0 Å². The van der Waals surface area contributed by atoms with Crippen molar-refractivity contribution in [3.63, 3.8) is 0 Å². The maximum Gasteiger partial charge on any atom is 0.376 e. The lowest BCUT2D eigenvalue weighted by molar-refractivity contribution is 0.0488. The van der Waals surface area contributed by atoms with E-state index >= 15 is 0 Å². The Bertz CT molecular complexity index is 598. The molecule has 4 nitrogen and oxygen atoms in total. The molecule has 0 aliphatic rings. The van der Waals surface area contributed by atoms with Crippen LogP contribution in [0.1, 0.15) is 55.4 Å². The van der Waals surface area contributed by atoms with Crippen LogP contribution in [-0.4, -0.2) is 17.6 Å². The van der Waals surface area contributed by atoms with Gasteiger partial charge in [-0.05, 0) is 36.3 Å². The molecule has 0 aliphatic carbocycles. The van der Waals surface area contributed by atoms with Crippen molar-refractivity contribution >= 4 is 17.3 Å². The molecule has 0 saturated carbocycles. The summed E-state index contributed by atoms with van der Waals surface area (Å²) >= 11 is 1.58. The van der Waals surface area contributed by atoms with Gasteiger partial charge in [-0.1, -0.05) is 20.8 Å². The van der Waals surface area contributed by atoms with E-state index in [0.717, 1.165) is 11.3 Å². The van der Waals surface area contributed by atoms with E-state index in [2.05, 4.69) is 18.0 Å². The van der Waals surface area contributed by atoms with Crippen molar-refractivity contribution in [2.45, 2.75) is 40.0 Å². The Morgan fingerprint density at radius 2 is 2.20 bits per heavy atom. The molecule has 108 valence electrons. The van der Waals surface area contributed by atoms with Crippen LogP contribution in [0.5, 0.6) is 0 Å². The zero-order valence-corrected chi connectivity index (χ0v) is 13.0. The number of aryl methyl sites for hydroxylation is 1. The van der Waals surface area contributed by atoms with Gasteiger partial charge in [-0.3, -0.25) is 0 Å². The van der Waals surface area contributed by atoms with Crippen LogP contribution in [0.25, 0.3) is 10.8 Å². The van der Waals surface area contributed by atoms with Crippen molar-refractivity contribution in [3.05, 3.63) is 28.5 Å². The average Bonchev–Trinajstić information content (AvgIpc) is 3.04. The van der Waals surface area contributed by atoms with Crippen LogP contribution >= 0.6 is 11.3 Å². The number of aromatic nitrogens is 1.